The first kappa shape index (κ1) is 16.1. The molecule has 1 saturated heterocycles. The summed E-state index contributed by atoms with van der Waals surface area (Å²) in [5.74, 6) is 2.10. The molecule has 0 aliphatic carbocycles. The van der Waals surface area contributed by atoms with Gasteiger partial charge < -0.3 is 14.4 Å². The average molecular weight is 350 g/mol. The van der Waals surface area contributed by atoms with Gasteiger partial charge in [-0.25, -0.2) is 4.98 Å². The van der Waals surface area contributed by atoms with Crippen LogP contribution in [-0.2, 0) is 4.79 Å². The van der Waals surface area contributed by atoms with Crippen molar-refractivity contribution in [1.29, 1.82) is 0 Å². The maximum absolute atomic E-state index is 12.1. The summed E-state index contributed by atoms with van der Waals surface area (Å²) in [6, 6.07) is 7.52. The molecule has 1 aliphatic rings. The molecule has 122 valence electrons. The molecule has 0 N–H and O–H groups in total. The van der Waals surface area contributed by atoms with E-state index in [2.05, 4.69) is 4.98 Å². The van der Waals surface area contributed by atoms with Gasteiger partial charge in [-0.2, -0.15) is 0 Å². The summed E-state index contributed by atoms with van der Waals surface area (Å²) in [7, 11) is 1.63. The van der Waals surface area contributed by atoms with E-state index in [-0.39, 0.29) is 12.0 Å². The molecule has 3 rings (SSSR count). The molecule has 0 saturated carbocycles. The monoisotopic (exact) mass is 350 g/mol. The van der Waals surface area contributed by atoms with Gasteiger partial charge in [-0.15, -0.1) is 11.3 Å². The summed E-state index contributed by atoms with van der Waals surface area (Å²) in [5.41, 5.74) is 1.00. The summed E-state index contributed by atoms with van der Waals surface area (Å²) >= 11 is 3.08. The second kappa shape index (κ2) is 7.23. The number of carbonyl (C=O) groups excluding carboxylic acids is 1. The highest BCUT2D eigenvalue weighted by atomic mass is 32.2. The number of benzene rings is 1. The molecule has 1 amide bonds. The van der Waals surface area contributed by atoms with Gasteiger partial charge in [-0.05, 0) is 19.1 Å². The third kappa shape index (κ3) is 4.17. The molecule has 23 heavy (non-hydrogen) atoms. The molecule has 1 aromatic carbocycles. The summed E-state index contributed by atoms with van der Waals surface area (Å²) in [6.07, 6.45) is 0.0539. The molecule has 1 aliphatic heterocycles. The minimum Gasteiger partial charge on any atom is -0.497 e. The molecule has 0 radical (unpaired) electrons. The number of likely N-dealkylation sites (tertiary alicyclic amines) is 1. The van der Waals surface area contributed by atoms with E-state index in [0.717, 1.165) is 21.5 Å². The second-order valence-corrected chi connectivity index (χ2v) is 7.34. The SMILES string of the molecule is COc1cccc(OC2CN(C(=O)CSc3nc(C)cs3)C2)c1. The highest BCUT2D eigenvalue weighted by molar-refractivity contribution is 8.01. The summed E-state index contributed by atoms with van der Waals surface area (Å²) in [5, 5.41) is 1.99. The molecule has 2 aromatic rings. The Kier molecular flexibility index (Phi) is 5.07. The summed E-state index contributed by atoms with van der Waals surface area (Å²) in [4.78, 5) is 18.3. The number of aryl methyl sites for hydroxylation is 1. The van der Waals surface area contributed by atoms with Gasteiger partial charge in [0.1, 0.15) is 17.6 Å². The molecule has 1 fully saturated rings. The van der Waals surface area contributed by atoms with Crippen molar-refractivity contribution in [3.8, 4) is 11.5 Å². The Bertz CT molecular complexity index is 683. The first-order valence-electron chi connectivity index (χ1n) is 7.27. The number of nitrogens with zero attached hydrogens (tertiary/aromatic N) is 2. The molecule has 2 heterocycles. The quantitative estimate of drug-likeness (QED) is 0.750. The minimum absolute atomic E-state index is 0.0539. The molecule has 7 heteroatoms. The van der Waals surface area contributed by atoms with Gasteiger partial charge in [-0.3, -0.25) is 4.79 Å². The van der Waals surface area contributed by atoms with Crippen LogP contribution >= 0.6 is 23.1 Å². The Hall–Kier alpha value is -1.73. The zero-order valence-electron chi connectivity index (χ0n) is 13.0. The van der Waals surface area contributed by atoms with Gasteiger partial charge in [0, 0.05) is 17.1 Å². The highest BCUT2D eigenvalue weighted by Crippen LogP contribution is 2.25. The number of thioether (sulfide) groups is 1. The van der Waals surface area contributed by atoms with E-state index in [4.69, 9.17) is 9.47 Å². The number of amides is 1. The molecule has 1 aromatic heterocycles. The minimum atomic E-state index is 0.0539. The van der Waals surface area contributed by atoms with Crippen molar-refractivity contribution in [1.82, 2.24) is 9.88 Å². The predicted octanol–water partition coefficient (Wildman–Crippen LogP) is 2.84. The first-order chi connectivity index (χ1) is 11.1. The molecule has 0 bridgehead atoms. The molecular weight excluding hydrogens is 332 g/mol. The van der Waals surface area contributed by atoms with Crippen molar-refractivity contribution in [3.63, 3.8) is 0 Å². The predicted molar refractivity (Wildman–Crippen MR) is 91.6 cm³/mol. The fourth-order valence-corrected chi connectivity index (χ4v) is 3.95. The maximum atomic E-state index is 12.1. The lowest BCUT2D eigenvalue weighted by Crippen LogP contribution is -2.56. The van der Waals surface area contributed by atoms with Crippen molar-refractivity contribution in [2.45, 2.75) is 17.4 Å². The Balaban J connectivity index is 1.42. The number of aromatic nitrogens is 1. The van der Waals surface area contributed by atoms with Gasteiger partial charge in [0.15, 0.2) is 4.34 Å². The Morgan fingerprint density at radius 2 is 2.22 bits per heavy atom. The fourth-order valence-electron chi connectivity index (χ4n) is 2.20. The zero-order valence-corrected chi connectivity index (χ0v) is 14.7. The molecule has 0 unspecified atom stereocenters. The number of ether oxygens (including phenoxy) is 2. The van der Waals surface area contributed by atoms with Crippen LogP contribution in [0.15, 0.2) is 34.0 Å². The number of thiazole rings is 1. The summed E-state index contributed by atoms with van der Waals surface area (Å²) < 4.78 is 12.0. The van der Waals surface area contributed by atoms with Gasteiger partial charge in [0.25, 0.3) is 0 Å². The van der Waals surface area contributed by atoms with Crippen LogP contribution in [0.25, 0.3) is 0 Å². The van der Waals surface area contributed by atoms with Gasteiger partial charge in [0.05, 0.1) is 26.0 Å². The van der Waals surface area contributed by atoms with Gasteiger partial charge in [0.2, 0.25) is 5.91 Å². The molecule has 0 atom stereocenters. The number of carbonyl (C=O) groups is 1. The van der Waals surface area contributed by atoms with Crippen LogP contribution in [0, 0.1) is 6.92 Å². The normalized spacial score (nSPS) is 14.4. The van der Waals surface area contributed by atoms with Crippen LogP contribution in [0.2, 0.25) is 0 Å². The second-order valence-electron chi connectivity index (χ2n) is 5.26. The van der Waals surface area contributed by atoms with Gasteiger partial charge in [-0.1, -0.05) is 17.8 Å². The number of hydrogen-bond donors (Lipinski definition) is 0. The molecular formula is C16H18N2O3S2. The van der Waals surface area contributed by atoms with E-state index in [1.165, 1.54) is 11.8 Å². The maximum Gasteiger partial charge on any atom is 0.233 e. The number of rotatable bonds is 6. The summed E-state index contributed by atoms with van der Waals surface area (Å²) in [6.45, 7) is 3.22. The largest absolute Gasteiger partial charge is 0.497 e. The van der Waals surface area contributed by atoms with Crippen molar-refractivity contribution in [3.05, 3.63) is 35.3 Å². The van der Waals surface area contributed by atoms with Crippen LogP contribution < -0.4 is 9.47 Å². The van der Waals surface area contributed by atoms with Crippen LogP contribution in [0.4, 0.5) is 0 Å². The van der Waals surface area contributed by atoms with Crippen molar-refractivity contribution < 1.29 is 14.3 Å². The average Bonchev–Trinajstić information content (AvgIpc) is 2.94. The fraction of sp³-hybridized carbons (Fsp3) is 0.375. The van der Waals surface area contributed by atoms with E-state index >= 15 is 0 Å². The lowest BCUT2D eigenvalue weighted by atomic mass is 10.1. The Morgan fingerprint density at radius 3 is 2.91 bits per heavy atom. The smallest absolute Gasteiger partial charge is 0.233 e. The van der Waals surface area contributed by atoms with Crippen LogP contribution in [-0.4, -0.2) is 47.8 Å². The Labute approximate surface area is 143 Å². The van der Waals surface area contributed by atoms with E-state index in [1.807, 2.05) is 41.5 Å². The third-order valence-corrected chi connectivity index (χ3v) is 5.59. The third-order valence-electron chi connectivity index (χ3n) is 3.46. The van der Waals surface area contributed by atoms with E-state index in [9.17, 15) is 4.79 Å². The van der Waals surface area contributed by atoms with Crippen molar-refractivity contribution in [2.75, 3.05) is 26.0 Å². The lowest BCUT2D eigenvalue weighted by Gasteiger charge is -2.38. The first-order valence-corrected chi connectivity index (χ1v) is 9.14. The number of hydrogen-bond acceptors (Lipinski definition) is 6. The highest BCUT2D eigenvalue weighted by Gasteiger charge is 2.32. The van der Waals surface area contributed by atoms with Crippen molar-refractivity contribution in [2.24, 2.45) is 0 Å². The topological polar surface area (TPSA) is 51.7 Å². The number of methoxy groups -OCH3 is 1. The lowest BCUT2D eigenvalue weighted by molar-refractivity contribution is -0.137. The van der Waals surface area contributed by atoms with Crippen LogP contribution in [0.1, 0.15) is 5.69 Å². The van der Waals surface area contributed by atoms with Crippen LogP contribution in [0.3, 0.4) is 0 Å². The van der Waals surface area contributed by atoms with Crippen LogP contribution in [0.5, 0.6) is 11.5 Å². The van der Waals surface area contributed by atoms with Gasteiger partial charge >= 0.3 is 0 Å². The van der Waals surface area contributed by atoms with E-state index in [0.29, 0.717) is 18.8 Å². The van der Waals surface area contributed by atoms with Crippen molar-refractivity contribution >= 4 is 29.0 Å². The van der Waals surface area contributed by atoms with E-state index in [1.54, 1.807) is 18.4 Å². The standard InChI is InChI=1S/C16H18N2O3S2/c1-11-9-22-16(17-11)23-10-15(19)18-7-14(8-18)21-13-5-3-4-12(6-13)20-2/h3-6,9,14H,7-8,10H2,1-2H3. The van der Waals surface area contributed by atoms with E-state index < -0.39 is 0 Å². The Morgan fingerprint density at radius 1 is 1.43 bits per heavy atom. The molecule has 0 spiro atoms. The molecule has 5 nitrogen and oxygen atoms in total. The zero-order chi connectivity index (χ0) is 16.2.